The number of halogens is 2. The molecule has 0 fully saturated rings. The highest BCUT2D eigenvalue weighted by Crippen LogP contribution is 2.38. The minimum Gasteiger partial charge on any atom is -0.365 e. The van der Waals surface area contributed by atoms with Crippen LogP contribution in [-0.4, -0.2) is 16.9 Å². The summed E-state index contributed by atoms with van der Waals surface area (Å²) in [5.41, 5.74) is 7.14. The lowest BCUT2D eigenvalue weighted by atomic mass is 10.1. The molecular formula is C16H13Cl2N3O2S2. The van der Waals surface area contributed by atoms with E-state index < -0.39 is 11.8 Å². The Morgan fingerprint density at radius 3 is 2.72 bits per heavy atom. The summed E-state index contributed by atoms with van der Waals surface area (Å²) in [6.07, 6.45) is 2.75. The number of benzene rings is 1. The number of fused-ring (bicyclic) bond motifs is 1. The van der Waals surface area contributed by atoms with E-state index in [4.69, 9.17) is 41.2 Å². The largest absolute Gasteiger partial charge is 0.365 e. The van der Waals surface area contributed by atoms with Crippen molar-refractivity contribution in [3.63, 3.8) is 0 Å². The first-order chi connectivity index (χ1) is 11.9. The van der Waals surface area contributed by atoms with Crippen molar-refractivity contribution in [1.29, 1.82) is 0 Å². The maximum Gasteiger partial charge on any atom is 0.258 e. The van der Waals surface area contributed by atoms with Crippen molar-refractivity contribution in [2.75, 3.05) is 5.32 Å². The van der Waals surface area contributed by atoms with Crippen LogP contribution in [0.15, 0.2) is 18.2 Å². The first-order valence-electron chi connectivity index (χ1n) is 7.39. The third kappa shape index (κ3) is 3.64. The lowest BCUT2D eigenvalue weighted by Gasteiger charge is -2.11. The fourth-order valence-electron chi connectivity index (χ4n) is 2.74. The van der Waals surface area contributed by atoms with Crippen molar-refractivity contribution in [1.82, 2.24) is 5.32 Å². The first-order valence-corrected chi connectivity index (χ1v) is 9.37. The Kier molecular flexibility index (Phi) is 5.29. The van der Waals surface area contributed by atoms with Crippen LogP contribution in [0.5, 0.6) is 0 Å². The summed E-state index contributed by atoms with van der Waals surface area (Å²) in [6, 6.07) is 4.75. The van der Waals surface area contributed by atoms with E-state index in [9.17, 15) is 9.59 Å². The topological polar surface area (TPSA) is 84.2 Å². The van der Waals surface area contributed by atoms with Gasteiger partial charge >= 0.3 is 0 Å². The number of hydrogen-bond donors (Lipinski definition) is 3. The molecule has 1 aromatic carbocycles. The normalized spacial score (nSPS) is 12.6. The van der Waals surface area contributed by atoms with Crippen molar-refractivity contribution < 1.29 is 9.59 Å². The van der Waals surface area contributed by atoms with Crippen LogP contribution in [0, 0.1) is 0 Å². The van der Waals surface area contributed by atoms with E-state index in [1.165, 1.54) is 11.3 Å². The number of amides is 2. The summed E-state index contributed by atoms with van der Waals surface area (Å²) in [7, 11) is 0. The van der Waals surface area contributed by atoms with E-state index in [0.717, 1.165) is 29.7 Å². The monoisotopic (exact) mass is 413 g/mol. The van der Waals surface area contributed by atoms with Crippen LogP contribution in [0.2, 0.25) is 10.0 Å². The zero-order chi connectivity index (χ0) is 18.1. The number of nitrogens with one attached hydrogen (secondary N) is 2. The lowest BCUT2D eigenvalue weighted by molar-refractivity contribution is 0.0975. The number of anilines is 1. The highest BCUT2D eigenvalue weighted by atomic mass is 35.5. The molecule has 3 rings (SSSR count). The Morgan fingerprint density at radius 2 is 2.00 bits per heavy atom. The van der Waals surface area contributed by atoms with Gasteiger partial charge in [0.2, 0.25) is 0 Å². The van der Waals surface area contributed by atoms with E-state index in [0.29, 0.717) is 10.6 Å². The summed E-state index contributed by atoms with van der Waals surface area (Å²) < 4.78 is 0. The second-order valence-electron chi connectivity index (χ2n) is 5.44. The fraction of sp³-hybridized carbons (Fsp3) is 0.188. The molecule has 0 aliphatic heterocycles. The van der Waals surface area contributed by atoms with Crippen molar-refractivity contribution in [3.8, 4) is 0 Å². The predicted molar refractivity (Wildman–Crippen MR) is 105 cm³/mol. The molecule has 2 aromatic rings. The SMILES string of the molecule is NC(=O)c1c(NC(=S)NC(=O)c2cccc(Cl)c2Cl)sc2c1CCC2. The Morgan fingerprint density at radius 1 is 1.24 bits per heavy atom. The molecule has 1 aliphatic rings. The minimum absolute atomic E-state index is 0.0588. The predicted octanol–water partition coefficient (Wildman–Crippen LogP) is 3.77. The molecule has 130 valence electrons. The van der Waals surface area contributed by atoms with Gasteiger partial charge in [-0.05, 0) is 49.2 Å². The third-order valence-corrected chi connectivity index (χ3v) is 6.05. The Bertz CT molecular complexity index is 896. The molecule has 0 atom stereocenters. The van der Waals surface area contributed by atoms with Gasteiger partial charge in [0.05, 0.1) is 21.2 Å². The molecule has 0 saturated heterocycles. The molecule has 0 saturated carbocycles. The van der Waals surface area contributed by atoms with Gasteiger partial charge < -0.3 is 11.1 Å². The van der Waals surface area contributed by atoms with Gasteiger partial charge in [-0.2, -0.15) is 0 Å². The molecule has 0 spiro atoms. The maximum atomic E-state index is 12.3. The summed E-state index contributed by atoms with van der Waals surface area (Å²) in [4.78, 5) is 25.2. The number of thiocarbonyl (C=S) groups is 1. The van der Waals surface area contributed by atoms with Crippen molar-refractivity contribution >= 4 is 68.7 Å². The van der Waals surface area contributed by atoms with Gasteiger partial charge in [0.25, 0.3) is 11.8 Å². The van der Waals surface area contributed by atoms with Crippen LogP contribution in [0.3, 0.4) is 0 Å². The zero-order valence-electron chi connectivity index (χ0n) is 12.8. The van der Waals surface area contributed by atoms with Crippen LogP contribution in [0.25, 0.3) is 0 Å². The van der Waals surface area contributed by atoms with Crippen LogP contribution in [0.4, 0.5) is 5.00 Å². The molecule has 2 amide bonds. The standard InChI is InChI=1S/C16H13Cl2N3O2S2/c17-9-5-1-4-8(12(9)18)14(23)20-16(24)21-15-11(13(19)22)7-3-2-6-10(7)25-15/h1,4-5H,2-3,6H2,(H2,19,22)(H2,20,21,23,24). The molecule has 9 heteroatoms. The number of primary amides is 1. The third-order valence-electron chi connectivity index (χ3n) is 3.82. The lowest BCUT2D eigenvalue weighted by Crippen LogP contribution is -2.34. The number of rotatable bonds is 3. The number of aryl methyl sites for hydroxylation is 1. The van der Waals surface area contributed by atoms with E-state index >= 15 is 0 Å². The van der Waals surface area contributed by atoms with Gasteiger partial charge in [-0.1, -0.05) is 29.3 Å². The van der Waals surface area contributed by atoms with Crippen molar-refractivity contribution in [3.05, 3.63) is 49.8 Å². The van der Waals surface area contributed by atoms with E-state index in [2.05, 4.69) is 10.6 Å². The number of carbonyl (C=O) groups excluding carboxylic acids is 2. The average Bonchev–Trinajstić information content (AvgIpc) is 3.09. The van der Waals surface area contributed by atoms with Crippen LogP contribution in [-0.2, 0) is 12.8 Å². The van der Waals surface area contributed by atoms with Crippen molar-refractivity contribution in [2.24, 2.45) is 5.73 Å². The quantitative estimate of drug-likeness (QED) is 0.668. The van der Waals surface area contributed by atoms with Crippen molar-refractivity contribution in [2.45, 2.75) is 19.3 Å². The highest BCUT2D eigenvalue weighted by Gasteiger charge is 2.26. The highest BCUT2D eigenvalue weighted by molar-refractivity contribution is 7.80. The summed E-state index contributed by atoms with van der Waals surface area (Å²) in [5, 5.41) is 6.47. The maximum absolute atomic E-state index is 12.3. The second kappa shape index (κ2) is 7.29. The number of carbonyl (C=O) groups is 2. The molecule has 5 nitrogen and oxygen atoms in total. The van der Waals surface area contributed by atoms with E-state index in [1.807, 2.05) is 0 Å². The smallest absolute Gasteiger partial charge is 0.258 e. The molecule has 1 aliphatic carbocycles. The molecule has 0 bridgehead atoms. The molecule has 0 radical (unpaired) electrons. The fourth-order valence-corrected chi connectivity index (χ4v) is 4.68. The Balaban J connectivity index is 1.76. The number of nitrogens with two attached hydrogens (primary N) is 1. The molecule has 25 heavy (non-hydrogen) atoms. The molecule has 1 aromatic heterocycles. The molecule has 1 heterocycles. The van der Waals surface area contributed by atoms with Crippen LogP contribution >= 0.6 is 46.8 Å². The van der Waals surface area contributed by atoms with Gasteiger partial charge in [-0.15, -0.1) is 11.3 Å². The summed E-state index contributed by atoms with van der Waals surface area (Å²) in [5.74, 6) is -0.997. The van der Waals surface area contributed by atoms with Gasteiger partial charge in [0.1, 0.15) is 5.00 Å². The Hall–Kier alpha value is -1.67. The second-order valence-corrected chi connectivity index (χ2v) is 7.73. The molecule has 0 unspecified atom stereocenters. The molecule has 4 N–H and O–H groups in total. The summed E-state index contributed by atoms with van der Waals surface area (Å²) >= 11 is 18.6. The van der Waals surface area contributed by atoms with E-state index in [-0.39, 0.29) is 20.7 Å². The van der Waals surface area contributed by atoms with E-state index in [1.54, 1.807) is 18.2 Å². The van der Waals surface area contributed by atoms with Gasteiger partial charge in [0, 0.05) is 4.88 Å². The van der Waals surface area contributed by atoms with Gasteiger partial charge in [-0.25, -0.2) is 0 Å². The number of hydrogen-bond acceptors (Lipinski definition) is 4. The van der Waals surface area contributed by atoms with Crippen LogP contribution in [0.1, 0.15) is 37.6 Å². The zero-order valence-corrected chi connectivity index (χ0v) is 16.0. The summed E-state index contributed by atoms with van der Waals surface area (Å²) in [6.45, 7) is 0. The van der Waals surface area contributed by atoms with Crippen LogP contribution < -0.4 is 16.4 Å². The number of thiophene rings is 1. The average molecular weight is 414 g/mol. The Labute approximate surface area is 163 Å². The van der Waals surface area contributed by atoms with Gasteiger partial charge in [0.15, 0.2) is 5.11 Å². The van der Waals surface area contributed by atoms with Gasteiger partial charge in [-0.3, -0.25) is 14.9 Å². The first kappa shape index (κ1) is 18.1. The minimum atomic E-state index is -0.506. The molecular weight excluding hydrogens is 401 g/mol.